The fourth-order valence-electron chi connectivity index (χ4n) is 1.72. The number of rotatable bonds is 5. The lowest BCUT2D eigenvalue weighted by Gasteiger charge is -2.03. The van der Waals surface area contributed by atoms with Crippen LogP contribution in [0.3, 0.4) is 0 Å². The van der Waals surface area contributed by atoms with Crippen LogP contribution < -0.4 is 5.32 Å². The molecule has 7 heteroatoms. The van der Waals surface area contributed by atoms with E-state index < -0.39 is 11.9 Å². The van der Waals surface area contributed by atoms with E-state index in [1.165, 1.54) is 0 Å². The van der Waals surface area contributed by atoms with Crippen LogP contribution in [0.15, 0.2) is 6.33 Å². The molecule has 2 rings (SSSR count). The van der Waals surface area contributed by atoms with Gasteiger partial charge in [0.15, 0.2) is 0 Å². The highest BCUT2D eigenvalue weighted by molar-refractivity contribution is 5.89. The first-order chi connectivity index (χ1) is 8.09. The minimum absolute atomic E-state index is 0.181. The zero-order valence-corrected chi connectivity index (χ0v) is 9.46. The van der Waals surface area contributed by atoms with Crippen LogP contribution in [-0.2, 0) is 23.1 Å². The van der Waals surface area contributed by atoms with Crippen LogP contribution in [0.2, 0.25) is 0 Å². The molecule has 2 N–H and O–H groups in total. The summed E-state index contributed by atoms with van der Waals surface area (Å²) < 4.78 is 1.78. The maximum atomic E-state index is 11.5. The summed E-state index contributed by atoms with van der Waals surface area (Å²) in [5, 5.41) is 19.0. The molecule has 1 aliphatic carbocycles. The van der Waals surface area contributed by atoms with Gasteiger partial charge in [0.2, 0.25) is 5.91 Å². The number of aromatic nitrogens is 3. The van der Waals surface area contributed by atoms with Crippen molar-refractivity contribution in [2.24, 2.45) is 18.9 Å². The molecule has 1 aromatic rings. The van der Waals surface area contributed by atoms with Gasteiger partial charge < -0.3 is 15.0 Å². The van der Waals surface area contributed by atoms with Crippen molar-refractivity contribution in [3.8, 4) is 0 Å². The summed E-state index contributed by atoms with van der Waals surface area (Å²) in [5.41, 5.74) is 0. The highest BCUT2D eigenvalue weighted by atomic mass is 16.4. The molecular formula is C10H14N4O3. The molecule has 7 nitrogen and oxygen atoms in total. The van der Waals surface area contributed by atoms with Gasteiger partial charge in [-0.15, -0.1) is 10.2 Å². The number of aryl methyl sites for hydroxylation is 1. The number of hydrogen-bond donors (Lipinski definition) is 2. The lowest BCUT2D eigenvalue weighted by atomic mass is 10.3. The van der Waals surface area contributed by atoms with Crippen molar-refractivity contribution >= 4 is 11.9 Å². The molecule has 0 spiro atoms. The maximum Gasteiger partial charge on any atom is 0.307 e. The molecule has 1 fully saturated rings. The van der Waals surface area contributed by atoms with Gasteiger partial charge in [-0.05, 0) is 6.42 Å². The summed E-state index contributed by atoms with van der Waals surface area (Å²) in [6, 6.07) is 0. The van der Waals surface area contributed by atoms with Gasteiger partial charge in [-0.25, -0.2) is 0 Å². The zero-order chi connectivity index (χ0) is 12.4. The van der Waals surface area contributed by atoms with E-state index >= 15 is 0 Å². The Balaban J connectivity index is 1.71. The van der Waals surface area contributed by atoms with E-state index in [-0.39, 0.29) is 11.8 Å². The Hall–Kier alpha value is -1.92. The maximum absolute atomic E-state index is 11.5. The van der Waals surface area contributed by atoms with E-state index in [1.807, 2.05) is 7.05 Å². The second-order valence-electron chi connectivity index (χ2n) is 4.19. The Kier molecular flexibility index (Phi) is 3.08. The van der Waals surface area contributed by atoms with E-state index in [0.717, 1.165) is 5.82 Å². The minimum atomic E-state index is -0.890. The summed E-state index contributed by atoms with van der Waals surface area (Å²) in [4.78, 5) is 22.1. The van der Waals surface area contributed by atoms with E-state index in [2.05, 4.69) is 15.5 Å². The Morgan fingerprint density at radius 2 is 2.35 bits per heavy atom. The second-order valence-corrected chi connectivity index (χ2v) is 4.19. The summed E-state index contributed by atoms with van der Waals surface area (Å²) in [5.74, 6) is -1.13. The molecule has 0 aliphatic heterocycles. The standard InChI is InChI=1S/C10H14N4O3/c1-14-5-12-13-8(14)2-3-11-9(15)6-4-7(6)10(16)17/h5-7H,2-4H2,1H3,(H,11,15)(H,16,17). The smallest absolute Gasteiger partial charge is 0.307 e. The number of aliphatic carboxylic acids is 1. The lowest BCUT2D eigenvalue weighted by Crippen LogP contribution is -2.28. The third-order valence-corrected chi connectivity index (χ3v) is 2.90. The van der Waals surface area contributed by atoms with Crippen LogP contribution in [0.4, 0.5) is 0 Å². The Bertz CT molecular complexity index is 443. The van der Waals surface area contributed by atoms with Crippen LogP contribution in [0.25, 0.3) is 0 Å². The predicted molar refractivity (Wildman–Crippen MR) is 56.9 cm³/mol. The third-order valence-electron chi connectivity index (χ3n) is 2.90. The molecule has 92 valence electrons. The first kappa shape index (κ1) is 11.6. The van der Waals surface area contributed by atoms with Crippen LogP contribution in [0, 0.1) is 11.8 Å². The topological polar surface area (TPSA) is 97.1 Å². The normalized spacial score (nSPS) is 22.2. The summed E-state index contributed by atoms with van der Waals surface area (Å²) in [6.07, 6.45) is 2.64. The van der Waals surface area contributed by atoms with Gasteiger partial charge in [-0.1, -0.05) is 0 Å². The highest BCUT2D eigenvalue weighted by Crippen LogP contribution is 2.38. The van der Waals surface area contributed by atoms with Crippen molar-refractivity contribution < 1.29 is 14.7 Å². The number of carbonyl (C=O) groups is 2. The fraction of sp³-hybridized carbons (Fsp3) is 0.600. The molecule has 1 aliphatic rings. The number of carboxylic acids is 1. The largest absolute Gasteiger partial charge is 0.481 e. The molecule has 2 unspecified atom stereocenters. The van der Waals surface area contributed by atoms with Gasteiger partial charge in [0.25, 0.3) is 0 Å². The van der Waals surface area contributed by atoms with E-state index in [4.69, 9.17) is 5.11 Å². The van der Waals surface area contributed by atoms with Crippen molar-refractivity contribution in [3.63, 3.8) is 0 Å². The SMILES string of the molecule is Cn1cnnc1CCNC(=O)C1CC1C(=O)O. The molecule has 0 saturated heterocycles. The number of nitrogens with zero attached hydrogens (tertiary/aromatic N) is 3. The Labute approximate surface area is 97.8 Å². The van der Waals surface area contributed by atoms with Crippen molar-refractivity contribution in [2.75, 3.05) is 6.54 Å². The van der Waals surface area contributed by atoms with Gasteiger partial charge in [-0.3, -0.25) is 9.59 Å². The molecule has 1 saturated carbocycles. The van der Waals surface area contributed by atoms with Crippen LogP contribution in [0.5, 0.6) is 0 Å². The summed E-state index contributed by atoms with van der Waals surface area (Å²) >= 11 is 0. The first-order valence-electron chi connectivity index (χ1n) is 5.43. The molecule has 1 heterocycles. The van der Waals surface area contributed by atoms with Gasteiger partial charge >= 0.3 is 5.97 Å². The number of nitrogens with one attached hydrogen (secondary N) is 1. The van der Waals surface area contributed by atoms with Crippen molar-refractivity contribution in [3.05, 3.63) is 12.2 Å². The van der Waals surface area contributed by atoms with E-state index in [9.17, 15) is 9.59 Å². The third kappa shape index (κ3) is 2.61. The van der Waals surface area contributed by atoms with Crippen LogP contribution in [-0.4, -0.2) is 38.3 Å². The average molecular weight is 238 g/mol. The van der Waals surface area contributed by atoms with Gasteiger partial charge in [-0.2, -0.15) is 0 Å². The molecule has 2 atom stereocenters. The zero-order valence-electron chi connectivity index (χ0n) is 9.46. The molecule has 1 aromatic heterocycles. The Morgan fingerprint density at radius 3 is 2.88 bits per heavy atom. The van der Waals surface area contributed by atoms with Crippen molar-refractivity contribution in [2.45, 2.75) is 12.8 Å². The quantitative estimate of drug-likeness (QED) is 0.699. The first-order valence-corrected chi connectivity index (χ1v) is 5.43. The number of carbonyl (C=O) groups excluding carboxylic acids is 1. The molecule has 0 radical (unpaired) electrons. The molecule has 0 bridgehead atoms. The minimum Gasteiger partial charge on any atom is -0.481 e. The summed E-state index contributed by atoms with van der Waals surface area (Å²) in [6.45, 7) is 0.453. The summed E-state index contributed by atoms with van der Waals surface area (Å²) in [7, 11) is 1.83. The molecular weight excluding hydrogens is 224 g/mol. The van der Waals surface area contributed by atoms with Gasteiger partial charge in [0.05, 0.1) is 11.8 Å². The monoisotopic (exact) mass is 238 g/mol. The molecule has 0 aromatic carbocycles. The van der Waals surface area contributed by atoms with Crippen molar-refractivity contribution in [1.82, 2.24) is 20.1 Å². The number of hydrogen-bond acceptors (Lipinski definition) is 4. The van der Waals surface area contributed by atoms with E-state index in [0.29, 0.717) is 19.4 Å². The highest BCUT2D eigenvalue weighted by Gasteiger charge is 2.48. The second kappa shape index (κ2) is 4.52. The van der Waals surface area contributed by atoms with Crippen LogP contribution in [0.1, 0.15) is 12.2 Å². The Morgan fingerprint density at radius 1 is 1.59 bits per heavy atom. The van der Waals surface area contributed by atoms with Crippen molar-refractivity contribution in [1.29, 1.82) is 0 Å². The lowest BCUT2D eigenvalue weighted by molar-refractivity contribution is -0.140. The average Bonchev–Trinajstić information content (AvgIpc) is 2.99. The predicted octanol–water partition coefficient (Wildman–Crippen LogP) is -0.805. The van der Waals surface area contributed by atoms with E-state index in [1.54, 1.807) is 10.9 Å². The molecule has 1 amide bonds. The molecule has 17 heavy (non-hydrogen) atoms. The van der Waals surface area contributed by atoms with Gasteiger partial charge in [0, 0.05) is 20.0 Å². The number of carboxylic acid groups (broad SMARTS) is 1. The number of amides is 1. The fourth-order valence-corrected chi connectivity index (χ4v) is 1.72. The van der Waals surface area contributed by atoms with Crippen LogP contribution >= 0.6 is 0 Å². The van der Waals surface area contributed by atoms with Gasteiger partial charge in [0.1, 0.15) is 12.2 Å².